The van der Waals surface area contributed by atoms with Gasteiger partial charge in [-0.1, -0.05) is 18.2 Å². The summed E-state index contributed by atoms with van der Waals surface area (Å²) in [7, 11) is 1.60. The fourth-order valence-corrected chi connectivity index (χ4v) is 3.98. The molecule has 2 heterocycles. The second-order valence-electron chi connectivity index (χ2n) is 7.30. The Morgan fingerprint density at radius 2 is 1.87 bits per heavy atom. The van der Waals surface area contributed by atoms with E-state index in [0.29, 0.717) is 19.8 Å². The van der Waals surface area contributed by atoms with E-state index in [0.717, 1.165) is 6.54 Å². The van der Waals surface area contributed by atoms with Gasteiger partial charge in [-0.15, -0.1) is 0 Å². The number of hydrogen-bond acceptors (Lipinski definition) is 2. The van der Waals surface area contributed by atoms with Crippen LogP contribution >= 0.6 is 0 Å². The normalized spacial score (nSPS) is 11.0. The zero-order chi connectivity index (χ0) is 20.4. The summed E-state index contributed by atoms with van der Waals surface area (Å²) in [6, 6.07) is 10.5. The molecule has 2 aromatic carbocycles. The lowest BCUT2D eigenvalue weighted by Crippen LogP contribution is -3.00. The van der Waals surface area contributed by atoms with Gasteiger partial charge in [-0.2, -0.15) is 0 Å². The maximum atomic E-state index is 11.1. The van der Waals surface area contributed by atoms with Crippen molar-refractivity contribution >= 4 is 38.6 Å². The first-order valence-electron chi connectivity index (χ1n) is 9.96. The number of pyridine rings is 1. The number of carbonyl (C=O) groups is 1. The zero-order valence-electron chi connectivity index (χ0n) is 17.5. The molecule has 0 atom stereocenters. The SMILES string of the molecule is CNC(=O)NCCOCC[n+]1ccc2c(C)c3[nH]c4ccccc4c3c(C)c2c1.[Cl-]. The molecular weight excluding hydrogens is 400 g/mol. The minimum Gasteiger partial charge on any atom is -1.00 e. The first-order valence-corrected chi connectivity index (χ1v) is 9.96. The van der Waals surface area contributed by atoms with E-state index in [1.54, 1.807) is 7.05 Å². The summed E-state index contributed by atoms with van der Waals surface area (Å²) >= 11 is 0. The lowest BCUT2D eigenvalue weighted by atomic mass is 9.97. The Hall–Kier alpha value is -2.83. The smallest absolute Gasteiger partial charge is 0.314 e. The number of nitrogens with zero attached hydrogens (tertiary/aromatic N) is 1. The average molecular weight is 427 g/mol. The number of benzene rings is 2. The molecule has 30 heavy (non-hydrogen) atoms. The van der Waals surface area contributed by atoms with E-state index >= 15 is 0 Å². The van der Waals surface area contributed by atoms with E-state index in [2.05, 4.69) is 76.8 Å². The van der Waals surface area contributed by atoms with Crippen molar-refractivity contribution in [3.8, 4) is 0 Å². The van der Waals surface area contributed by atoms with Crippen molar-refractivity contribution in [3.05, 3.63) is 53.9 Å². The van der Waals surface area contributed by atoms with Crippen molar-refractivity contribution in [2.45, 2.75) is 20.4 Å². The standard InChI is InChI=1S/C23H26N4O2.ClH/c1-15-19-14-27(11-13-29-12-9-25-23(28)24-3)10-8-17(19)16(2)22-21(15)18-6-4-5-7-20(18)26-22;/h4-8,10,14H,9,11-13H2,1-3H3,(H2,24,25,28);1H. The van der Waals surface area contributed by atoms with Crippen LogP contribution in [0.15, 0.2) is 42.7 Å². The number of halogens is 1. The van der Waals surface area contributed by atoms with Gasteiger partial charge < -0.3 is 32.8 Å². The van der Waals surface area contributed by atoms with Crippen LogP contribution < -0.4 is 27.6 Å². The third kappa shape index (κ3) is 4.06. The molecule has 0 radical (unpaired) electrons. The van der Waals surface area contributed by atoms with Crippen LogP contribution in [0.25, 0.3) is 32.6 Å². The van der Waals surface area contributed by atoms with Crippen LogP contribution in [0.2, 0.25) is 0 Å². The summed E-state index contributed by atoms with van der Waals surface area (Å²) in [6.07, 6.45) is 4.32. The maximum absolute atomic E-state index is 11.1. The maximum Gasteiger partial charge on any atom is 0.314 e. The molecule has 158 valence electrons. The van der Waals surface area contributed by atoms with Crippen LogP contribution in [0.4, 0.5) is 4.79 Å². The second kappa shape index (κ2) is 9.32. The first kappa shape index (κ1) is 21.9. The highest BCUT2D eigenvalue weighted by atomic mass is 35.5. The molecule has 2 amide bonds. The molecule has 0 unspecified atom stereocenters. The molecule has 6 nitrogen and oxygen atoms in total. The summed E-state index contributed by atoms with van der Waals surface area (Å²) in [4.78, 5) is 14.7. The fourth-order valence-electron chi connectivity index (χ4n) is 3.98. The van der Waals surface area contributed by atoms with Crippen molar-refractivity contribution in [3.63, 3.8) is 0 Å². The Morgan fingerprint density at radius 1 is 1.07 bits per heavy atom. The van der Waals surface area contributed by atoms with Gasteiger partial charge in [0, 0.05) is 41.3 Å². The summed E-state index contributed by atoms with van der Waals surface area (Å²) in [6.45, 7) is 6.75. The molecule has 7 heteroatoms. The molecule has 4 rings (SSSR count). The number of amides is 2. The number of hydrogen-bond donors (Lipinski definition) is 3. The molecule has 2 aromatic heterocycles. The lowest BCUT2D eigenvalue weighted by molar-refractivity contribution is -0.697. The van der Waals surface area contributed by atoms with Gasteiger partial charge in [0.25, 0.3) is 0 Å². The number of ether oxygens (including phenoxy) is 1. The molecule has 0 saturated heterocycles. The van der Waals surface area contributed by atoms with Gasteiger partial charge in [-0.25, -0.2) is 9.36 Å². The Morgan fingerprint density at radius 3 is 2.67 bits per heavy atom. The lowest BCUT2D eigenvalue weighted by Gasteiger charge is -2.09. The highest BCUT2D eigenvalue weighted by molar-refractivity contribution is 6.16. The predicted molar refractivity (Wildman–Crippen MR) is 116 cm³/mol. The number of aromatic nitrogens is 2. The molecule has 3 N–H and O–H groups in total. The molecule has 4 aromatic rings. The van der Waals surface area contributed by atoms with Crippen LogP contribution in [-0.4, -0.2) is 37.8 Å². The number of H-pyrrole nitrogens is 1. The molecule has 0 spiro atoms. The van der Waals surface area contributed by atoms with Gasteiger partial charge >= 0.3 is 6.03 Å². The van der Waals surface area contributed by atoms with E-state index in [-0.39, 0.29) is 18.4 Å². The van der Waals surface area contributed by atoms with Gasteiger partial charge in [-0.3, -0.25) is 0 Å². The van der Waals surface area contributed by atoms with Crippen molar-refractivity contribution in [2.24, 2.45) is 0 Å². The van der Waals surface area contributed by atoms with Crippen LogP contribution in [0.1, 0.15) is 11.1 Å². The Balaban J connectivity index is 0.00000256. The van der Waals surface area contributed by atoms with Crippen molar-refractivity contribution in [1.29, 1.82) is 0 Å². The van der Waals surface area contributed by atoms with Crippen molar-refractivity contribution < 1.29 is 26.5 Å². The van der Waals surface area contributed by atoms with Gasteiger partial charge in [0.15, 0.2) is 18.9 Å². The van der Waals surface area contributed by atoms with Crippen LogP contribution in [0.5, 0.6) is 0 Å². The number of para-hydroxylation sites is 1. The largest absolute Gasteiger partial charge is 1.00 e. The molecule has 0 aliphatic heterocycles. The summed E-state index contributed by atoms with van der Waals surface area (Å²) < 4.78 is 7.81. The molecule has 0 saturated carbocycles. The van der Waals surface area contributed by atoms with Crippen LogP contribution in [-0.2, 0) is 11.3 Å². The topological polar surface area (TPSA) is 70.0 Å². The zero-order valence-corrected chi connectivity index (χ0v) is 18.3. The summed E-state index contributed by atoms with van der Waals surface area (Å²) in [5.41, 5.74) is 4.97. The highest BCUT2D eigenvalue weighted by Crippen LogP contribution is 2.35. The van der Waals surface area contributed by atoms with Crippen molar-refractivity contribution in [1.82, 2.24) is 15.6 Å². The highest BCUT2D eigenvalue weighted by Gasteiger charge is 2.16. The number of nitrogens with one attached hydrogen (secondary N) is 3. The quantitative estimate of drug-likeness (QED) is 0.307. The Labute approximate surface area is 182 Å². The van der Waals surface area contributed by atoms with Crippen LogP contribution in [0, 0.1) is 13.8 Å². The van der Waals surface area contributed by atoms with E-state index in [1.165, 1.54) is 43.7 Å². The number of fused-ring (bicyclic) bond motifs is 4. The minimum absolute atomic E-state index is 0. The first-order chi connectivity index (χ1) is 14.1. The fraction of sp³-hybridized carbons (Fsp3) is 0.304. The van der Waals surface area contributed by atoms with E-state index in [1.807, 2.05) is 0 Å². The van der Waals surface area contributed by atoms with Gasteiger partial charge in [0.1, 0.15) is 6.61 Å². The summed E-state index contributed by atoms with van der Waals surface area (Å²) in [5.74, 6) is 0. The van der Waals surface area contributed by atoms with Crippen LogP contribution in [0.3, 0.4) is 0 Å². The molecule has 0 aliphatic rings. The van der Waals surface area contributed by atoms with E-state index in [9.17, 15) is 4.79 Å². The number of aryl methyl sites for hydroxylation is 2. The Bertz CT molecular complexity index is 1200. The third-order valence-electron chi connectivity index (χ3n) is 5.53. The number of urea groups is 1. The van der Waals surface area contributed by atoms with E-state index in [4.69, 9.17) is 4.74 Å². The number of rotatable bonds is 6. The Kier molecular flexibility index (Phi) is 6.80. The molecular formula is C23H27ClN4O2. The number of aromatic amines is 1. The molecule has 0 aliphatic carbocycles. The van der Waals surface area contributed by atoms with Crippen molar-refractivity contribution in [2.75, 3.05) is 26.8 Å². The average Bonchev–Trinajstić information content (AvgIpc) is 3.14. The molecule has 0 fully saturated rings. The predicted octanol–water partition coefficient (Wildman–Crippen LogP) is 0.328. The molecule has 0 bridgehead atoms. The second-order valence-corrected chi connectivity index (χ2v) is 7.30. The third-order valence-corrected chi connectivity index (χ3v) is 5.53. The van der Waals surface area contributed by atoms with E-state index < -0.39 is 0 Å². The minimum atomic E-state index is -0.188. The summed E-state index contributed by atoms with van der Waals surface area (Å²) in [5, 5.41) is 10.3. The van der Waals surface area contributed by atoms with Gasteiger partial charge in [0.05, 0.1) is 12.1 Å². The monoisotopic (exact) mass is 426 g/mol. The number of carbonyl (C=O) groups excluding carboxylic acids is 1. The van der Waals surface area contributed by atoms with Gasteiger partial charge in [0.2, 0.25) is 0 Å². The van der Waals surface area contributed by atoms with Gasteiger partial charge in [-0.05, 0) is 36.4 Å².